The van der Waals surface area contributed by atoms with E-state index >= 15 is 0 Å². The van der Waals surface area contributed by atoms with Crippen molar-refractivity contribution >= 4 is 5.84 Å². The van der Waals surface area contributed by atoms with Crippen LogP contribution in [0, 0.1) is 0 Å². The molecule has 0 N–H and O–H groups in total. The molecule has 0 radical (unpaired) electrons. The Bertz CT molecular complexity index is 289. The highest BCUT2D eigenvalue weighted by Crippen LogP contribution is 2.24. The topological polar surface area (TPSA) is 15.6 Å². The lowest BCUT2D eigenvalue weighted by atomic mass is 10.0. The number of allylic oxidation sites excluding steroid dienone is 2. The number of nitrogens with zero attached hydrogens (tertiary/aromatic N) is 2. The van der Waals surface area contributed by atoms with E-state index < -0.39 is 0 Å². The second-order valence-electron chi connectivity index (χ2n) is 3.84. The molecule has 2 unspecified atom stereocenters. The van der Waals surface area contributed by atoms with Gasteiger partial charge in [-0.2, -0.15) is 0 Å². The van der Waals surface area contributed by atoms with Crippen LogP contribution in [0.1, 0.15) is 26.7 Å². The molecule has 0 amide bonds. The van der Waals surface area contributed by atoms with E-state index in [-0.39, 0.29) is 0 Å². The first-order valence-electron chi connectivity index (χ1n) is 5.55. The standard InChI is InChI=1S/C12H18N2/c1-3-9-14-11-8-6-5-7-10(11)13-12(14)4-2/h5-8,10-11H,3-4,9H2,1-2H3. The fourth-order valence-corrected chi connectivity index (χ4v) is 2.22. The molecular formula is C12H18N2. The number of hydrogen-bond acceptors (Lipinski definition) is 2. The van der Waals surface area contributed by atoms with Gasteiger partial charge in [-0.1, -0.05) is 38.2 Å². The molecule has 1 heterocycles. The van der Waals surface area contributed by atoms with Crippen LogP contribution < -0.4 is 0 Å². The molecule has 0 aromatic rings. The van der Waals surface area contributed by atoms with Crippen molar-refractivity contribution in [3.05, 3.63) is 24.3 Å². The molecule has 0 saturated carbocycles. The molecule has 2 rings (SSSR count). The summed E-state index contributed by atoms with van der Waals surface area (Å²) >= 11 is 0. The van der Waals surface area contributed by atoms with Crippen LogP contribution in [0.4, 0.5) is 0 Å². The Morgan fingerprint density at radius 1 is 1.29 bits per heavy atom. The first-order valence-corrected chi connectivity index (χ1v) is 5.55. The number of aliphatic imine (C=N–C) groups is 1. The largest absolute Gasteiger partial charge is 0.351 e. The van der Waals surface area contributed by atoms with Gasteiger partial charge in [0.15, 0.2) is 0 Å². The molecule has 2 atom stereocenters. The van der Waals surface area contributed by atoms with E-state index in [1.54, 1.807) is 0 Å². The fourth-order valence-electron chi connectivity index (χ4n) is 2.22. The third kappa shape index (κ3) is 1.49. The van der Waals surface area contributed by atoms with Crippen molar-refractivity contribution in [3.63, 3.8) is 0 Å². The van der Waals surface area contributed by atoms with Gasteiger partial charge in [0.2, 0.25) is 0 Å². The smallest absolute Gasteiger partial charge is 0.1000 e. The molecule has 76 valence electrons. The first-order chi connectivity index (χ1) is 6.86. The second-order valence-corrected chi connectivity index (χ2v) is 3.84. The zero-order valence-electron chi connectivity index (χ0n) is 8.98. The maximum absolute atomic E-state index is 4.73. The number of rotatable bonds is 3. The number of fused-ring (bicyclic) bond motifs is 1. The lowest BCUT2D eigenvalue weighted by molar-refractivity contribution is 0.365. The van der Waals surface area contributed by atoms with Gasteiger partial charge < -0.3 is 4.90 Å². The minimum atomic E-state index is 0.376. The summed E-state index contributed by atoms with van der Waals surface area (Å²) in [5.41, 5.74) is 0. The van der Waals surface area contributed by atoms with Crippen LogP contribution in [-0.2, 0) is 0 Å². The predicted octanol–water partition coefficient (Wildman–Crippen LogP) is 2.38. The average Bonchev–Trinajstić information content (AvgIpc) is 2.58. The molecule has 0 fully saturated rings. The highest BCUT2D eigenvalue weighted by molar-refractivity contribution is 5.85. The normalized spacial score (nSPS) is 29.3. The summed E-state index contributed by atoms with van der Waals surface area (Å²) in [4.78, 5) is 7.18. The molecule has 14 heavy (non-hydrogen) atoms. The van der Waals surface area contributed by atoms with E-state index in [9.17, 15) is 0 Å². The molecule has 1 aliphatic carbocycles. The molecular weight excluding hydrogens is 172 g/mol. The maximum atomic E-state index is 4.73. The van der Waals surface area contributed by atoms with Crippen molar-refractivity contribution in [3.8, 4) is 0 Å². The van der Waals surface area contributed by atoms with Gasteiger partial charge in [-0.3, -0.25) is 4.99 Å². The van der Waals surface area contributed by atoms with E-state index in [4.69, 9.17) is 4.99 Å². The molecule has 0 bridgehead atoms. The first kappa shape index (κ1) is 9.50. The number of amidine groups is 1. The summed E-state index contributed by atoms with van der Waals surface area (Å²) in [5, 5.41) is 0. The molecule has 0 saturated heterocycles. The van der Waals surface area contributed by atoms with Crippen molar-refractivity contribution in [1.82, 2.24) is 4.90 Å². The van der Waals surface area contributed by atoms with Crippen molar-refractivity contribution in [2.24, 2.45) is 4.99 Å². The monoisotopic (exact) mass is 190 g/mol. The third-order valence-corrected chi connectivity index (χ3v) is 2.85. The summed E-state index contributed by atoms with van der Waals surface area (Å²) in [6.07, 6.45) is 11.0. The summed E-state index contributed by atoms with van der Waals surface area (Å²) in [6.45, 7) is 5.54. The molecule has 0 aromatic heterocycles. The molecule has 2 nitrogen and oxygen atoms in total. The second kappa shape index (κ2) is 3.99. The Kier molecular flexibility index (Phi) is 2.71. The van der Waals surface area contributed by atoms with Gasteiger partial charge >= 0.3 is 0 Å². The van der Waals surface area contributed by atoms with Crippen LogP contribution in [0.5, 0.6) is 0 Å². The van der Waals surface area contributed by atoms with E-state index in [2.05, 4.69) is 43.1 Å². The van der Waals surface area contributed by atoms with E-state index in [1.807, 2.05) is 0 Å². The molecule has 1 aliphatic heterocycles. The van der Waals surface area contributed by atoms with Crippen molar-refractivity contribution < 1.29 is 0 Å². The molecule has 2 aliphatic rings. The summed E-state index contributed by atoms with van der Waals surface area (Å²) in [7, 11) is 0. The van der Waals surface area contributed by atoms with Crippen LogP contribution in [-0.4, -0.2) is 29.4 Å². The van der Waals surface area contributed by atoms with Crippen molar-refractivity contribution in [2.75, 3.05) is 6.54 Å². The average molecular weight is 190 g/mol. The lowest BCUT2D eigenvalue weighted by Crippen LogP contribution is -2.38. The maximum Gasteiger partial charge on any atom is 0.1000 e. The van der Waals surface area contributed by atoms with Crippen LogP contribution in [0.15, 0.2) is 29.3 Å². The summed E-state index contributed by atoms with van der Waals surface area (Å²) < 4.78 is 0. The van der Waals surface area contributed by atoms with Gasteiger partial charge in [-0.25, -0.2) is 0 Å². The van der Waals surface area contributed by atoms with Gasteiger partial charge in [0.1, 0.15) is 0 Å². The van der Waals surface area contributed by atoms with Crippen molar-refractivity contribution in [2.45, 2.75) is 38.8 Å². The third-order valence-electron chi connectivity index (χ3n) is 2.85. The Morgan fingerprint density at radius 2 is 2.07 bits per heavy atom. The van der Waals surface area contributed by atoms with E-state index in [1.165, 1.54) is 12.3 Å². The Labute approximate surface area is 86.0 Å². The highest BCUT2D eigenvalue weighted by atomic mass is 15.3. The molecule has 0 spiro atoms. The van der Waals surface area contributed by atoms with Crippen LogP contribution >= 0.6 is 0 Å². The minimum absolute atomic E-state index is 0.376. The van der Waals surface area contributed by atoms with Crippen LogP contribution in [0.25, 0.3) is 0 Å². The zero-order chi connectivity index (χ0) is 9.97. The minimum Gasteiger partial charge on any atom is -0.351 e. The Morgan fingerprint density at radius 3 is 2.79 bits per heavy atom. The van der Waals surface area contributed by atoms with Gasteiger partial charge in [0, 0.05) is 13.0 Å². The van der Waals surface area contributed by atoms with Gasteiger partial charge in [0.05, 0.1) is 17.9 Å². The zero-order valence-corrected chi connectivity index (χ0v) is 8.98. The SMILES string of the molecule is CCCN1C(CC)=NC2C=CC=CC21. The summed E-state index contributed by atoms with van der Waals surface area (Å²) in [6, 6.07) is 0.872. The van der Waals surface area contributed by atoms with Crippen LogP contribution in [0.3, 0.4) is 0 Å². The van der Waals surface area contributed by atoms with Gasteiger partial charge in [0.25, 0.3) is 0 Å². The van der Waals surface area contributed by atoms with E-state index in [0.29, 0.717) is 12.1 Å². The van der Waals surface area contributed by atoms with E-state index in [0.717, 1.165) is 13.0 Å². The highest BCUT2D eigenvalue weighted by Gasteiger charge is 2.31. The van der Waals surface area contributed by atoms with Gasteiger partial charge in [-0.05, 0) is 6.42 Å². The lowest BCUT2D eigenvalue weighted by Gasteiger charge is -2.27. The summed E-state index contributed by atoms with van der Waals surface area (Å²) in [5.74, 6) is 1.28. The van der Waals surface area contributed by atoms with Gasteiger partial charge in [-0.15, -0.1) is 0 Å². The Hall–Kier alpha value is -1.05. The molecule has 0 aromatic carbocycles. The van der Waals surface area contributed by atoms with Crippen molar-refractivity contribution in [1.29, 1.82) is 0 Å². The fraction of sp³-hybridized carbons (Fsp3) is 0.583. The molecule has 2 heteroatoms. The van der Waals surface area contributed by atoms with Crippen LogP contribution in [0.2, 0.25) is 0 Å². The predicted molar refractivity (Wildman–Crippen MR) is 60.6 cm³/mol. The number of hydrogen-bond donors (Lipinski definition) is 0. The Balaban J connectivity index is 2.18. The quantitative estimate of drug-likeness (QED) is 0.667.